The molecule has 0 aliphatic carbocycles. The average Bonchev–Trinajstić information content (AvgIpc) is 2.44. The van der Waals surface area contributed by atoms with Crippen molar-refractivity contribution in [1.29, 1.82) is 0 Å². The Balaban J connectivity index is 2.37. The van der Waals surface area contributed by atoms with Crippen molar-refractivity contribution in [3.8, 4) is 5.75 Å². The van der Waals surface area contributed by atoms with Crippen molar-refractivity contribution in [2.24, 2.45) is 0 Å². The summed E-state index contributed by atoms with van der Waals surface area (Å²) in [5.41, 5.74) is 2.48. The molecule has 0 saturated carbocycles. The largest absolute Gasteiger partial charge is 0.427 e. The second-order valence-corrected chi connectivity index (χ2v) is 5.10. The van der Waals surface area contributed by atoms with E-state index in [1.54, 1.807) is 0 Å². The molecule has 20 heavy (non-hydrogen) atoms. The van der Waals surface area contributed by atoms with Gasteiger partial charge in [-0.05, 0) is 58.7 Å². The number of rotatable bonds is 1. The number of benzene rings is 3. The standard InChI is InChI=1S/C18H16O2/c1-11-15-6-4-5-7-16(15)12(2)18-10-14(20-13(3)19)8-9-17(11)18/h4-10H,1-3H3. The predicted molar refractivity (Wildman–Crippen MR) is 82.2 cm³/mol. The lowest BCUT2D eigenvalue weighted by atomic mass is 9.93. The van der Waals surface area contributed by atoms with Gasteiger partial charge in [-0.1, -0.05) is 30.3 Å². The van der Waals surface area contributed by atoms with Gasteiger partial charge in [0, 0.05) is 6.92 Å². The minimum Gasteiger partial charge on any atom is -0.427 e. The molecular formula is C18H16O2. The highest BCUT2D eigenvalue weighted by Gasteiger charge is 2.09. The van der Waals surface area contributed by atoms with E-state index in [-0.39, 0.29) is 5.97 Å². The third-order valence-electron chi connectivity index (χ3n) is 3.80. The molecule has 0 bridgehead atoms. The summed E-state index contributed by atoms with van der Waals surface area (Å²) < 4.78 is 5.19. The Morgan fingerprint density at radius 2 is 1.40 bits per heavy atom. The second-order valence-electron chi connectivity index (χ2n) is 5.10. The van der Waals surface area contributed by atoms with Gasteiger partial charge in [-0.15, -0.1) is 0 Å². The van der Waals surface area contributed by atoms with E-state index in [0.717, 1.165) is 5.39 Å². The molecule has 0 N–H and O–H groups in total. The molecule has 100 valence electrons. The van der Waals surface area contributed by atoms with Crippen molar-refractivity contribution in [1.82, 2.24) is 0 Å². The van der Waals surface area contributed by atoms with Gasteiger partial charge in [0.1, 0.15) is 5.75 Å². The molecule has 0 saturated heterocycles. The normalized spacial score (nSPS) is 10.9. The summed E-state index contributed by atoms with van der Waals surface area (Å²) in [6, 6.07) is 14.2. The molecular weight excluding hydrogens is 248 g/mol. The quantitative estimate of drug-likeness (QED) is 0.366. The van der Waals surface area contributed by atoms with Crippen LogP contribution in [0.1, 0.15) is 18.1 Å². The lowest BCUT2D eigenvalue weighted by molar-refractivity contribution is -0.131. The zero-order valence-electron chi connectivity index (χ0n) is 11.9. The van der Waals surface area contributed by atoms with Gasteiger partial charge in [0.2, 0.25) is 0 Å². The van der Waals surface area contributed by atoms with Crippen LogP contribution in [-0.4, -0.2) is 5.97 Å². The molecule has 0 unspecified atom stereocenters. The molecule has 3 aromatic carbocycles. The molecule has 3 rings (SSSR count). The number of ether oxygens (including phenoxy) is 1. The monoisotopic (exact) mass is 264 g/mol. The molecule has 2 nitrogen and oxygen atoms in total. The number of carbonyl (C=O) groups excluding carboxylic acids is 1. The van der Waals surface area contributed by atoms with E-state index in [2.05, 4.69) is 38.1 Å². The minimum absolute atomic E-state index is 0.292. The Kier molecular flexibility index (Phi) is 2.94. The third-order valence-corrected chi connectivity index (χ3v) is 3.80. The highest BCUT2D eigenvalue weighted by molar-refractivity contribution is 6.05. The SMILES string of the molecule is CC(=O)Oc1ccc2c(C)c3ccccc3c(C)c2c1. The van der Waals surface area contributed by atoms with Gasteiger partial charge in [0.25, 0.3) is 0 Å². The van der Waals surface area contributed by atoms with Crippen LogP contribution >= 0.6 is 0 Å². The van der Waals surface area contributed by atoms with Crippen LogP contribution in [0.3, 0.4) is 0 Å². The van der Waals surface area contributed by atoms with Gasteiger partial charge in [-0.2, -0.15) is 0 Å². The van der Waals surface area contributed by atoms with Crippen molar-refractivity contribution in [3.63, 3.8) is 0 Å². The van der Waals surface area contributed by atoms with Crippen molar-refractivity contribution in [2.45, 2.75) is 20.8 Å². The number of carbonyl (C=O) groups is 1. The van der Waals surface area contributed by atoms with E-state index in [4.69, 9.17) is 4.74 Å². The summed E-state index contributed by atoms with van der Waals surface area (Å²) in [7, 11) is 0. The van der Waals surface area contributed by atoms with E-state index in [0.29, 0.717) is 5.75 Å². The fourth-order valence-electron chi connectivity index (χ4n) is 2.82. The Labute approximate surface area is 118 Å². The summed E-state index contributed by atoms with van der Waals surface area (Å²) >= 11 is 0. The number of hydrogen-bond acceptors (Lipinski definition) is 2. The van der Waals surface area contributed by atoms with Gasteiger partial charge in [-0.25, -0.2) is 0 Å². The second kappa shape index (κ2) is 4.64. The average molecular weight is 264 g/mol. The van der Waals surface area contributed by atoms with Crippen molar-refractivity contribution >= 4 is 27.5 Å². The van der Waals surface area contributed by atoms with Crippen LogP contribution in [0.15, 0.2) is 42.5 Å². The fourth-order valence-corrected chi connectivity index (χ4v) is 2.82. The Morgan fingerprint density at radius 3 is 2.00 bits per heavy atom. The number of fused-ring (bicyclic) bond motifs is 2. The molecule has 0 fully saturated rings. The zero-order valence-corrected chi connectivity index (χ0v) is 11.9. The first kappa shape index (κ1) is 12.7. The van der Waals surface area contributed by atoms with E-state index < -0.39 is 0 Å². The molecule has 0 spiro atoms. The lowest BCUT2D eigenvalue weighted by Crippen LogP contribution is -2.01. The van der Waals surface area contributed by atoms with Crippen LogP contribution in [0.5, 0.6) is 5.75 Å². The number of hydrogen-bond donors (Lipinski definition) is 0. The van der Waals surface area contributed by atoms with Gasteiger partial charge in [-0.3, -0.25) is 4.79 Å². The molecule has 0 radical (unpaired) electrons. The smallest absolute Gasteiger partial charge is 0.308 e. The maximum atomic E-state index is 11.1. The molecule has 0 atom stereocenters. The van der Waals surface area contributed by atoms with Crippen molar-refractivity contribution in [3.05, 3.63) is 53.6 Å². The summed E-state index contributed by atoms with van der Waals surface area (Å²) in [5.74, 6) is 0.308. The van der Waals surface area contributed by atoms with Gasteiger partial charge < -0.3 is 4.74 Å². The highest BCUT2D eigenvalue weighted by atomic mass is 16.5. The van der Waals surface area contributed by atoms with Crippen LogP contribution in [0.2, 0.25) is 0 Å². The Morgan fingerprint density at radius 1 is 0.850 bits per heavy atom. The fraction of sp³-hybridized carbons (Fsp3) is 0.167. The van der Waals surface area contributed by atoms with Crippen LogP contribution in [-0.2, 0) is 4.79 Å². The van der Waals surface area contributed by atoms with Crippen molar-refractivity contribution in [2.75, 3.05) is 0 Å². The van der Waals surface area contributed by atoms with Gasteiger partial charge in [0.05, 0.1) is 0 Å². The van der Waals surface area contributed by atoms with E-state index in [1.165, 1.54) is 34.2 Å². The van der Waals surface area contributed by atoms with Gasteiger partial charge in [0.15, 0.2) is 0 Å². The predicted octanol–water partition coefficient (Wildman–Crippen LogP) is 4.54. The summed E-state index contributed by atoms with van der Waals surface area (Å²) in [6.07, 6.45) is 0. The third kappa shape index (κ3) is 1.94. The minimum atomic E-state index is -0.292. The maximum Gasteiger partial charge on any atom is 0.308 e. The van der Waals surface area contributed by atoms with Crippen LogP contribution in [0, 0.1) is 13.8 Å². The Bertz CT molecular complexity index is 832. The maximum absolute atomic E-state index is 11.1. The molecule has 0 heterocycles. The molecule has 0 aliphatic rings. The summed E-state index contributed by atoms with van der Waals surface area (Å²) in [5, 5.41) is 4.87. The van der Waals surface area contributed by atoms with Crippen molar-refractivity contribution < 1.29 is 9.53 Å². The lowest BCUT2D eigenvalue weighted by Gasteiger charge is -2.13. The van der Waals surface area contributed by atoms with Gasteiger partial charge >= 0.3 is 5.97 Å². The summed E-state index contributed by atoms with van der Waals surface area (Å²) in [4.78, 5) is 11.1. The van der Waals surface area contributed by atoms with Crippen LogP contribution < -0.4 is 4.74 Å². The zero-order chi connectivity index (χ0) is 14.3. The first-order chi connectivity index (χ1) is 9.58. The van der Waals surface area contributed by atoms with E-state index in [9.17, 15) is 4.79 Å². The highest BCUT2D eigenvalue weighted by Crippen LogP contribution is 2.33. The van der Waals surface area contributed by atoms with E-state index in [1.807, 2.05) is 18.2 Å². The topological polar surface area (TPSA) is 26.3 Å². The van der Waals surface area contributed by atoms with Crippen LogP contribution in [0.4, 0.5) is 0 Å². The van der Waals surface area contributed by atoms with E-state index >= 15 is 0 Å². The summed E-state index contributed by atoms with van der Waals surface area (Å²) in [6.45, 7) is 5.67. The first-order valence-corrected chi connectivity index (χ1v) is 6.68. The molecule has 0 amide bonds. The van der Waals surface area contributed by atoms with Crippen LogP contribution in [0.25, 0.3) is 21.5 Å². The molecule has 2 heteroatoms. The molecule has 3 aromatic rings. The Hall–Kier alpha value is -2.35. The molecule has 0 aromatic heterocycles. The number of esters is 1. The number of aryl methyl sites for hydroxylation is 2. The first-order valence-electron chi connectivity index (χ1n) is 6.68. The molecule has 0 aliphatic heterocycles.